The molecular formula is C27H34O3. The number of ether oxygens (including phenoxy) is 1. The Morgan fingerprint density at radius 3 is 2.53 bits per heavy atom. The van der Waals surface area contributed by atoms with Gasteiger partial charge in [0.2, 0.25) is 0 Å². The van der Waals surface area contributed by atoms with Crippen molar-refractivity contribution >= 4 is 17.6 Å². The second-order valence-electron chi connectivity index (χ2n) is 10.8. The molecule has 5 rings (SSSR count). The largest absolute Gasteiger partial charge is 0.497 e. The monoisotopic (exact) mass is 406 g/mol. The molecule has 4 fully saturated rings. The van der Waals surface area contributed by atoms with Gasteiger partial charge in [0.1, 0.15) is 11.5 Å². The van der Waals surface area contributed by atoms with Crippen molar-refractivity contribution in [2.45, 2.75) is 65.2 Å². The van der Waals surface area contributed by atoms with Gasteiger partial charge in [-0.25, -0.2) is 0 Å². The Morgan fingerprint density at radius 2 is 1.80 bits per heavy atom. The highest BCUT2D eigenvalue weighted by Crippen LogP contribution is 2.65. The Labute approximate surface area is 180 Å². The minimum atomic E-state index is -0.506. The summed E-state index contributed by atoms with van der Waals surface area (Å²) in [6, 6.07) is 7.88. The van der Waals surface area contributed by atoms with Gasteiger partial charge in [0, 0.05) is 17.8 Å². The normalized spacial score (nSPS) is 41.9. The van der Waals surface area contributed by atoms with E-state index >= 15 is 0 Å². The lowest BCUT2D eigenvalue weighted by Crippen LogP contribution is -2.56. The van der Waals surface area contributed by atoms with Gasteiger partial charge in [-0.15, -0.1) is 0 Å². The molecule has 30 heavy (non-hydrogen) atoms. The molecular weight excluding hydrogens is 372 g/mol. The van der Waals surface area contributed by atoms with Gasteiger partial charge >= 0.3 is 0 Å². The molecule has 0 aliphatic heterocycles. The molecule has 0 saturated heterocycles. The van der Waals surface area contributed by atoms with Gasteiger partial charge in [0.25, 0.3) is 0 Å². The number of carbonyl (C=O) groups is 2. The molecule has 1 aromatic rings. The van der Waals surface area contributed by atoms with E-state index in [2.05, 4.69) is 19.9 Å². The SMILES string of the molecule is COc1ccc(/C=C2\C[C@H]3[C@@H]4CC[C@H]5CCCC[C@]5(C)[C@H]4C(=O)C[C@]3(C)C2=O)cc1. The molecule has 4 aliphatic carbocycles. The Hall–Kier alpha value is -1.90. The van der Waals surface area contributed by atoms with Crippen LogP contribution in [0.2, 0.25) is 0 Å². The molecule has 3 heteroatoms. The molecule has 1 aromatic carbocycles. The second kappa shape index (κ2) is 7.07. The predicted octanol–water partition coefficient (Wildman–Crippen LogP) is 5.87. The second-order valence-corrected chi connectivity index (χ2v) is 10.8. The molecule has 0 unspecified atom stereocenters. The highest BCUT2D eigenvalue weighted by Gasteiger charge is 2.63. The fourth-order valence-corrected chi connectivity index (χ4v) is 7.83. The summed E-state index contributed by atoms with van der Waals surface area (Å²) >= 11 is 0. The van der Waals surface area contributed by atoms with E-state index in [4.69, 9.17) is 4.74 Å². The van der Waals surface area contributed by atoms with Crippen LogP contribution in [0, 0.1) is 34.5 Å². The van der Waals surface area contributed by atoms with Gasteiger partial charge in [-0.3, -0.25) is 9.59 Å². The van der Waals surface area contributed by atoms with Crippen LogP contribution in [0.1, 0.15) is 70.8 Å². The first-order valence-corrected chi connectivity index (χ1v) is 11.8. The van der Waals surface area contributed by atoms with Gasteiger partial charge in [0.05, 0.1) is 7.11 Å². The summed E-state index contributed by atoms with van der Waals surface area (Å²) in [5, 5.41) is 0. The molecule has 6 atom stereocenters. The van der Waals surface area contributed by atoms with Crippen molar-refractivity contribution < 1.29 is 14.3 Å². The number of ketones is 2. The lowest BCUT2D eigenvalue weighted by molar-refractivity contribution is -0.159. The van der Waals surface area contributed by atoms with Crippen molar-refractivity contribution in [1.29, 1.82) is 0 Å². The molecule has 3 nitrogen and oxygen atoms in total. The number of hydrogen-bond donors (Lipinski definition) is 0. The third-order valence-electron chi connectivity index (χ3n) is 9.37. The Bertz CT molecular complexity index is 897. The Morgan fingerprint density at radius 1 is 1.03 bits per heavy atom. The highest BCUT2D eigenvalue weighted by molar-refractivity contribution is 6.08. The predicted molar refractivity (Wildman–Crippen MR) is 118 cm³/mol. The number of benzene rings is 1. The summed E-state index contributed by atoms with van der Waals surface area (Å²) in [4.78, 5) is 27.1. The number of carbonyl (C=O) groups excluding carboxylic acids is 2. The molecule has 0 heterocycles. The zero-order chi connectivity index (χ0) is 21.1. The van der Waals surface area contributed by atoms with Crippen molar-refractivity contribution in [3.63, 3.8) is 0 Å². The third kappa shape index (κ3) is 2.84. The zero-order valence-electron chi connectivity index (χ0n) is 18.6. The smallest absolute Gasteiger partial charge is 0.165 e. The van der Waals surface area contributed by atoms with E-state index in [-0.39, 0.29) is 17.1 Å². The van der Waals surface area contributed by atoms with Gasteiger partial charge in [-0.2, -0.15) is 0 Å². The number of allylic oxidation sites excluding steroid dienone is 1. The maximum Gasteiger partial charge on any atom is 0.165 e. The van der Waals surface area contributed by atoms with Crippen LogP contribution in [0.4, 0.5) is 0 Å². The van der Waals surface area contributed by atoms with E-state index in [0.29, 0.717) is 30.0 Å². The van der Waals surface area contributed by atoms with E-state index in [0.717, 1.165) is 29.7 Å². The molecule has 160 valence electrons. The van der Waals surface area contributed by atoms with Gasteiger partial charge < -0.3 is 4.74 Å². The fourth-order valence-electron chi connectivity index (χ4n) is 7.83. The van der Waals surface area contributed by atoms with Gasteiger partial charge in [-0.1, -0.05) is 38.8 Å². The zero-order valence-corrected chi connectivity index (χ0v) is 18.6. The summed E-state index contributed by atoms with van der Waals surface area (Å²) in [6.45, 7) is 4.48. The summed E-state index contributed by atoms with van der Waals surface area (Å²) in [7, 11) is 1.66. The van der Waals surface area contributed by atoms with Crippen LogP contribution in [0.5, 0.6) is 5.75 Å². The number of methoxy groups -OCH3 is 1. The van der Waals surface area contributed by atoms with Crippen LogP contribution < -0.4 is 4.74 Å². The number of fused-ring (bicyclic) bond motifs is 5. The van der Waals surface area contributed by atoms with Crippen molar-refractivity contribution in [3.05, 3.63) is 35.4 Å². The van der Waals surface area contributed by atoms with Crippen molar-refractivity contribution in [3.8, 4) is 5.75 Å². The molecule has 0 radical (unpaired) electrons. The Kier molecular flexibility index (Phi) is 4.72. The van der Waals surface area contributed by atoms with Crippen LogP contribution in [0.25, 0.3) is 6.08 Å². The number of hydrogen-bond acceptors (Lipinski definition) is 3. The lowest BCUT2D eigenvalue weighted by atomic mass is 9.45. The van der Waals surface area contributed by atoms with Crippen LogP contribution >= 0.6 is 0 Å². The molecule has 4 saturated carbocycles. The van der Waals surface area contributed by atoms with Gasteiger partial charge in [0.15, 0.2) is 5.78 Å². The van der Waals surface area contributed by atoms with E-state index in [1.165, 1.54) is 32.1 Å². The van der Waals surface area contributed by atoms with Crippen LogP contribution in [-0.2, 0) is 9.59 Å². The minimum Gasteiger partial charge on any atom is -0.497 e. The number of Topliss-reactive ketones (excluding diaryl/α,β-unsaturated/α-hetero) is 2. The van der Waals surface area contributed by atoms with E-state index in [1.807, 2.05) is 24.3 Å². The highest BCUT2D eigenvalue weighted by atomic mass is 16.5. The summed E-state index contributed by atoms with van der Waals surface area (Å²) in [5.41, 5.74) is 1.60. The summed E-state index contributed by atoms with van der Waals surface area (Å²) < 4.78 is 5.25. The van der Waals surface area contributed by atoms with Crippen LogP contribution in [0.3, 0.4) is 0 Å². The average Bonchev–Trinajstić information content (AvgIpc) is 2.98. The van der Waals surface area contributed by atoms with Crippen molar-refractivity contribution in [2.24, 2.45) is 34.5 Å². The van der Waals surface area contributed by atoms with E-state index < -0.39 is 5.41 Å². The quantitative estimate of drug-likeness (QED) is 0.577. The molecule has 0 amide bonds. The fraction of sp³-hybridized carbons (Fsp3) is 0.630. The first-order valence-electron chi connectivity index (χ1n) is 11.8. The third-order valence-corrected chi connectivity index (χ3v) is 9.37. The summed E-state index contributed by atoms with van der Waals surface area (Å²) in [6.07, 6.45) is 10.7. The lowest BCUT2D eigenvalue weighted by Gasteiger charge is -2.58. The van der Waals surface area contributed by atoms with Crippen molar-refractivity contribution in [2.75, 3.05) is 7.11 Å². The summed E-state index contributed by atoms with van der Waals surface area (Å²) in [5.74, 6) is 2.98. The molecule has 0 bridgehead atoms. The van der Waals surface area contributed by atoms with Gasteiger partial charge in [-0.05, 0) is 84.6 Å². The molecule has 4 aliphatic rings. The van der Waals surface area contributed by atoms with Crippen LogP contribution in [-0.4, -0.2) is 18.7 Å². The standard InChI is InChI=1S/C27H34O3/c1-26-13-5-4-6-19(26)9-12-21-22-15-18(14-17-7-10-20(30-3)11-8-17)25(29)27(22,2)16-23(28)24(21)26/h7-8,10-11,14,19,21-22,24H,4-6,9,12-13,15-16H2,1-3H3/b18-14+/t19-,21+,22+,24-,26+,27+/m1/s1. The van der Waals surface area contributed by atoms with E-state index in [1.54, 1.807) is 7.11 Å². The molecule has 0 aromatic heterocycles. The van der Waals surface area contributed by atoms with Crippen LogP contribution in [0.15, 0.2) is 29.8 Å². The first-order chi connectivity index (χ1) is 14.4. The number of rotatable bonds is 2. The average molecular weight is 407 g/mol. The Balaban J connectivity index is 1.48. The first kappa shape index (κ1) is 20.0. The molecule has 0 spiro atoms. The maximum absolute atomic E-state index is 13.5. The topological polar surface area (TPSA) is 43.4 Å². The van der Waals surface area contributed by atoms with E-state index in [9.17, 15) is 9.59 Å². The molecule has 0 N–H and O–H groups in total. The minimum absolute atomic E-state index is 0.158. The maximum atomic E-state index is 13.5. The van der Waals surface area contributed by atoms with Crippen molar-refractivity contribution in [1.82, 2.24) is 0 Å².